The summed E-state index contributed by atoms with van der Waals surface area (Å²) in [5, 5.41) is 0. The first-order chi connectivity index (χ1) is 6.90. The van der Waals surface area contributed by atoms with Crippen molar-refractivity contribution in [3.63, 3.8) is 0 Å². The molecule has 68 valence electrons. The molecule has 0 fully saturated rings. The zero-order chi connectivity index (χ0) is 9.80. The molecule has 2 aromatic rings. The Labute approximate surface area is 82.0 Å². The molecule has 0 atom stereocenters. The third kappa shape index (κ3) is 1.70. The van der Waals surface area contributed by atoms with Crippen LogP contribution in [-0.4, -0.2) is 16.5 Å². The molecule has 0 bridgehead atoms. The average Bonchev–Trinajstić information content (AvgIpc) is 2.26. The topological polar surface area (TPSA) is 51.8 Å². The number of benzene rings is 1. The zero-order valence-electron chi connectivity index (χ0n) is 7.57. The Kier molecular flexibility index (Phi) is 2.39. The molecule has 0 spiro atoms. The van der Waals surface area contributed by atoms with E-state index < -0.39 is 0 Å². The van der Waals surface area contributed by atoms with E-state index in [-0.39, 0.29) is 0 Å². The third-order valence-electron chi connectivity index (χ3n) is 1.80. The second-order valence-electron chi connectivity index (χ2n) is 2.77. The van der Waals surface area contributed by atoms with Gasteiger partial charge in [0, 0.05) is 18.0 Å². The van der Waals surface area contributed by atoms with Crippen LogP contribution in [0.2, 0.25) is 0 Å². The molecule has 3 heteroatoms. The number of rotatable bonds is 0. The molecule has 0 saturated heterocycles. The van der Waals surface area contributed by atoms with Crippen molar-refractivity contribution >= 4 is 11.0 Å². The van der Waals surface area contributed by atoms with E-state index in [9.17, 15) is 0 Å². The minimum absolute atomic E-state index is 0.374. The molecule has 2 N–H and O–H groups in total. The highest BCUT2D eigenvalue weighted by molar-refractivity contribution is 5.75. The fourth-order valence-corrected chi connectivity index (χ4v) is 1.19. The smallest absolute Gasteiger partial charge is 0.0899 e. The van der Waals surface area contributed by atoms with Gasteiger partial charge >= 0.3 is 0 Å². The maximum atomic E-state index is 5.29. The van der Waals surface area contributed by atoms with E-state index in [1.54, 1.807) is 12.4 Å². The van der Waals surface area contributed by atoms with Gasteiger partial charge in [0.15, 0.2) is 0 Å². The van der Waals surface area contributed by atoms with Gasteiger partial charge in [-0.05, 0) is 18.2 Å². The minimum atomic E-state index is 0.374. The van der Waals surface area contributed by atoms with E-state index in [0.717, 1.165) is 16.6 Å². The maximum Gasteiger partial charge on any atom is 0.0899 e. The number of aromatic nitrogens is 2. The fourth-order valence-electron chi connectivity index (χ4n) is 1.19. The van der Waals surface area contributed by atoms with E-state index in [4.69, 9.17) is 5.73 Å². The summed E-state index contributed by atoms with van der Waals surface area (Å²) in [6.07, 6.45) is 3.34. The average molecular weight is 183 g/mol. The summed E-state index contributed by atoms with van der Waals surface area (Å²) in [5.41, 5.74) is 7.95. The van der Waals surface area contributed by atoms with Crippen LogP contribution >= 0.6 is 0 Å². The number of nitrogens with zero attached hydrogens (tertiary/aromatic N) is 2. The molecule has 0 aliphatic carbocycles. The van der Waals surface area contributed by atoms with Crippen molar-refractivity contribution in [3.05, 3.63) is 36.2 Å². The summed E-state index contributed by atoms with van der Waals surface area (Å²) in [5.74, 6) is 5.75. The van der Waals surface area contributed by atoms with Gasteiger partial charge in [-0.1, -0.05) is 11.8 Å². The van der Waals surface area contributed by atoms with Crippen molar-refractivity contribution < 1.29 is 0 Å². The summed E-state index contributed by atoms with van der Waals surface area (Å²) in [7, 11) is 0. The highest BCUT2D eigenvalue weighted by Gasteiger charge is 1.94. The molecule has 1 aromatic carbocycles. The van der Waals surface area contributed by atoms with E-state index in [1.165, 1.54) is 0 Å². The van der Waals surface area contributed by atoms with Crippen molar-refractivity contribution in [2.75, 3.05) is 6.54 Å². The van der Waals surface area contributed by atoms with Gasteiger partial charge in [0.05, 0.1) is 17.6 Å². The predicted octanol–water partition coefficient (Wildman–Crippen LogP) is 0.940. The van der Waals surface area contributed by atoms with Crippen molar-refractivity contribution in [2.45, 2.75) is 0 Å². The molecule has 0 aliphatic heterocycles. The lowest BCUT2D eigenvalue weighted by molar-refractivity contribution is 1.29. The Hall–Kier alpha value is -1.92. The first-order valence-corrected chi connectivity index (χ1v) is 4.30. The van der Waals surface area contributed by atoms with Gasteiger partial charge in [0.2, 0.25) is 0 Å². The predicted molar refractivity (Wildman–Crippen MR) is 55.5 cm³/mol. The van der Waals surface area contributed by atoms with Crippen LogP contribution in [-0.2, 0) is 0 Å². The van der Waals surface area contributed by atoms with Crippen molar-refractivity contribution in [1.82, 2.24) is 9.97 Å². The minimum Gasteiger partial charge on any atom is -0.320 e. The molecule has 14 heavy (non-hydrogen) atoms. The number of hydrogen-bond acceptors (Lipinski definition) is 3. The largest absolute Gasteiger partial charge is 0.320 e. The van der Waals surface area contributed by atoms with Gasteiger partial charge in [0.1, 0.15) is 0 Å². The van der Waals surface area contributed by atoms with Crippen LogP contribution in [0, 0.1) is 11.8 Å². The number of fused-ring (bicyclic) bond motifs is 1. The summed E-state index contributed by atoms with van der Waals surface area (Å²) < 4.78 is 0. The Morgan fingerprint density at radius 3 is 2.71 bits per heavy atom. The Bertz CT molecular complexity index is 508. The van der Waals surface area contributed by atoms with Gasteiger partial charge in [-0.25, -0.2) is 0 Å². The lowest BCUT2D eigenvalue weighted by Gasteiger charge is -1.95. The van der Waals surface area contributed by atoms with Crippen LogP contribution in [0.4, 0.5) is 0 Å². The molecular weight excluding hydrogens is 174 g/mol. The second kappa shape index (κ2) is 3.86. The molecule has 0 aliphatic rings. The van der Waals surface area contributed by atoms with Crippen LogP contribution in [0.3, 0.4) is 0 Å². The van der Waals surface area contributed by atoms with Crippen LogP contribution in [0.15, 0.2) is 30.6 Å². The lowest BCUT2D eigenvalue weighted by atomic mass is 10.2. The monoisotopic (exact) mass is 183 g/mol. The first kappa shape index (κ1) is 8.67. The first-order valence-electron chi connectivity index (χ1n) is 4.30. The highest BCUT2D eigenvalue weighted by Crippen LogP contribution is 2.09. The van der Waals surface area contributed by atoms with E-state index in [2.05, 4.69) is 21.8 Å². The zero-order valence-corrected chi connectivity index (χ0v) is 7.57. The molecule has 3 nitrogen and oxygen atoms in total. The Balaban J connectivity index is 2.51. The summed E-state index contributed by atoms with van der Waals surface area (Å²) in [6, 6.07) is 5.73. The summed E-state index contributed by atoms with van der Waals surface area (Å²) in [6.45, 7) is 0.374. The maximum absolute atomic E-state index is 5.29. The molecule has 2 rings (SSSR count). The van der Waals surface area contributed by atoms with Crippen LogP contribution < -0.4 is 5.73 Å². The molecule has 0 saturated carbocycles. The highest BCUT2D eigenvalue weighted by atomic mass is 14.8. The molecule has 0 amide bonds. The van der Waals surface area contributed by atoms with E-state index in [0.29, 0.717) is 6.54 Å². The SMILES string of the molecule is NCC#Cc1ccc2nccnc2c1. The fraction of sp³-hybridized carbons (Fsp3) is 0.0909. The third-order valence-corrected chi connectivity index (χ3v) is 1.80. The molecule has 0 unspecified atom stereocenters. The summed E-state index contributed by atoms with van der Waals surface area (Å²) >= 11 is 0. The molecule has 1 heterocycles. The summed E-state index contributed by atoms with van der Waals surface area (Å²) in [4.78, 5) is 8.36. The van der Waals surface area contributed by atoms with Crippen molar-refractivity contribution in [1.29, 1.82) is 0 Å². The number of nitrogens with two attached hydrogens (primary N) is 1. The van der Waals surface area contributed by atoms with E-state index >= 15 is 0 Å². The van der Waals surface area contributed by atoms with Crippen molar-refractivity contribution in [3.8, 4) is 11.8 Å². The van der Waals surface area contributed by atoms with Crippen molar-refractivity contribution in [2.24, 2.45) is 5.73 Å². The van der Waals surface area contributed by atoms with Crippen LogP contribution in [0.25, 0.3) is 11.0 Å². The van der Waals surface area contributed by atoms with Gasteiger partial charge < -0.3 is 5.73 Å². The molecule has 1 aromatic heterocycles. The van der Waals surface area contributed by atoms with E-state index in [1.807, 2.05) is 18.2 Å². The van der Waals surface area contributed by atoms with Gasteiger partial charge in [-0.2, -0.15) is 0 Å². The Morgan fingerprint density at radius 1 is 1.14 bits per heavy atom. The molecule has 0 radical (unpaired) electrons. The van der Waals surface area contributed by atoms with Gasteiger partial charge in [0.25, 0.3) is 0 Å². The lowest BCUT2D eigenvalue weighted by Crippen LogP contribution is -1.93. The Morgan fingerprint density at radius 2 is 1.93 bits per heavy atom. The van der Waals surface area contributed by atoms with Crippen LogP contribution in [0.1, 0.15) is 5.56 Å². The molecular formula is C11H9N3. The standard InChI is InChI=1S/C11H9N3/c12-5-1-2-9-3-4-10-11(8-9)14-7-6-13-10/h3-4,6-8H,5,12H2. The number of hydrogen-bond donors (Lipinski definition) is 1. The van der Waals surface area contributed by atoms with Gasteiger partial charge in [-0.3, -0.25) is 9.97 Å². The van der Waals surface area contributed by atoms with Gasteiger partial charge in [-0.15, -0.1) is 0 Å². The van der Waals surface area contributed by atoms with Crippen LogP contribution in [0.5, 0.6) is 0 Å². The normalized spacial score (nSPS) is 9.50. The quantitative estimate of drug-likeness (QED) is 0.618. The second-order valence-corrected chi connectivity index (χ2v) is 2.77.